The molecule has 26 heavy (non-hydrogen) atoms. The second-order valence-electron chi connectivity index (χ2n) is 6.56. The van der Waals surface area contributed by atoms with Gasteiger partial charge in [0, 0.05) is 32.7 Å². The minimum atomic E-state index is -3.56. The van der Waals surface area contributed by atoms with E-state index in [2.05, 4.69) is 5.32 Å². The highest BCUT2D eigenvalue weighted by atomic mass is 32.2. The summed E-state index contributed by atoms with van der Waals surface area (Å²) < 4.78 is 46.5. The van der Waals surface area contributed by atoms with Crippen LogP contribution in [0.2, 0.25) is 0 Å². The Hall–Kier alpha value is -1.55. The lowest BCUT2D eigenvalue weighted by atomic mass is 9.99. The van der Waals surface area contributed by atoms with Crippen molar-refractivity contribution in [1.82, 2.24) is 13.9 Å². The van der Waals surface area contributed by atoms with Gasteiger partial charge < -0.3 is 10.1 Å². The molecule has 0 saturated carbocycles. The summed E-state index contributed by atoms with van der Waals surface area (Å²) in [6.45, 7) is 2.41. The van der Waals surface area contributed by atoms with E-state index in [1.54, 1.807) is 12.1 Å². The molecule has 3 rings (SSSR count). The number of carbonyl (C=O) groups excluding carboxylic acids is 1. The van der Waals surface area contributed by atoms with Crippen molar-refractivity contribution in [3.8, 4) is 0 Å². The highest BCUT2D eigenvalue weighted by molar-refractivity contribution is 7.86. The van der Waals surface area contributed by atoms with Crippen LogP contribution in [0.5, 0.6) is 0 Å². The highest BCUT2D eigenvalue weighted by Gasteiger charge is 2.36. The molecule has 1 amide bonds. The molecule has 1 N–H and O–H groups in total. The number of morpholine rings is 1. The van der Waals surface area contributed by atoms with Gasteiger partial charge in [-0.1, -0.05) is 12.1 Å². The molecular formula is C17H24FN3O4S. The summed E-state index contributed by atoms with van der Waals surface area (Å²) in [7, 11) is -3.56. The first-order valence-corrected chi connectivity index (χ1v) is 10.2. The van der Waals surface area contributed by atoms with Crippen LogP contribution < -0.4 is 5.32 Å². The molecule has 0 spiro atoms. The SMILES string of the molecule is O=C(NCc1ccc(F)cc1)C1CCCN(S(=O)(=O)N2CCOCC2)C1. The first-order valence-electron chi connectivity index (χ1n) is 8.82. The quantitative estimate of drug-likeness (QED) is 0.811. The van der Waals surface area contributed by atoms with Gasteiger partial charge in [0.05, 0.1) is 19.1 Å². The summed E-state index contributed by atoms with van der Waals surface area (Å²) in [6, 6.07) is 5.93. The van der Waals surface area contributed by atoms with Gasteiger partial charge >= 0.3 is 0 Å². The van der Waals surface area contributed by atoms with Crippen molar-refractivity contribution < 1.29 is 22.3 Å². The van der Waals surface area contributed by atoms with Crippen molar-refractivity contribution >= 4 is 16.1 Å². The Bertz CT molecular complexity index is 720. The molecule has 2 saturated heterocycles. The molecule has 2 aliphatic rings. The van der Waals surface area contributed by atoms with E-state index in [0.29, 0.717) is 52.2 Å². The van der Waals surface area contributed by atoms with Gasteiger partial charge in [-0.2, -0.15) is 17.0 Å². The maximum Gasteiger partial charge on any atom is 0.282 e. The van der Waals surface area contributed by atoms with E-state index in [-0.39, 0.29) is 24.2 Å². The number of nitrogens with one attached hydrogen (secondary N) is 1. The van der Waals surface area contributed by atoms with Crippen LogP contribution in [0.4, 0.5) is 4.39 Å². The third-order valence-corrected chi connectivity index (χ3v) is 6.76. The van der Waals surface area contributed by atoms with Gasteiger partial charge in [0.25, 0.3) is 10.2 Å². The first-order chi connectivity index (χ1) is 12.5. The Balaban J connectivity index is 1.56. The van der Waals surface area contributed by atoms with Gasteiger partial charge in [0.15, 0.2) is 0 Å². The summed E-state index contributed by atoms with van der Waals surface area (Å²) in [5.74, 6) is -0.868. The van der Waals surface area contributed by atoms with Crippen LogP contribution in [-0.4, -0.2) is 62.3 Å². The predicted octanol–water partition coefficient (Wildman–Crippen LogP) is 0.731. The second-order valence-corrected chi connectivity index (χ2v) is 8.49. The van der Waals surface area contributed by atoms with E-state index < -0.39 is 10.2 Å². The minimum Gasteiger partial charge on any atom is -0.379 e. The van der Waals surface area contributed by atoms with E-state index >= 15 is 0 Å². The smallest absolute Gasteiger partial charge is 0.282 e. The summed E-state index contributed by atoms with van der Waals surface area (Å²) in [6.07, 6.45) is 1.31. The molecule has 9 heteroatoms. The van der Waals surface area contributed by atoms with E-state index in [9.17, 15) is 17.6 Å². The normalized spacial score (nSPS) is 22.9. The number of hydrogen-bond acceptors (Lipinski definition) is 4. The van der Waals surface area contributed by atoms with E-state index in [0.717, 1.165) is 5.56 Å². The Labute approximate surface area is 153 Å². The fraction of sp³-hybridized carbons (Fsp3) is 0.588. The van der Waals surface area contributed by atoms with Crippen LogP contribution in [0.1, 0.15) is 18.4 Å². The number of halogens is 1. The highest BCUT2D eigenvalue weighted by Crippen LogP contribution is 2.22. The monoisotopic (exact) mass is 385 g/mol. The number of nitrogens with zero attached hydrogens (tertiary/aromatic N) is 2. The summed E-state index contributed by atoms with van der Waals surface area (Å²) in [5.41, 5.74) is 0.799. The van der Waals surface area contributed by atoms with Crippen molar-refractivity contribution in [1.29, 1.82) is 0 Å². The molecule has 2 heterocycles. The zero-order valence-corrected chi connectivity index (χ0v) is 15.4. The molecule has 1 atom stereocenters. The summed E-state index contributed by atoms with van der Waals surface area (Å²) >= 11 is 0. The number of rotatable bonds is 5. The van der Waals surface area contributed by atoms with Crippen molar-refractivity contribution in [2.75, 3.05) is 39.4 Å². The molecule has 7 nitrogen and oxygen atoms in total. The molecule has 0 aromatic heterocycles. The maximum atomic E-state index is 12.9. The van der Waals surface area contributed by atoms with Crippen molar-refractivity contribution in [2.45, 2.75) is 19.4 Å². The average Bonchev–Trinajstić information content (AvgIpc) is 2.68. The third kappa shape index (κ3) is 4.59. The van der Waals surface area contributed by atoms with Gasteiger partial charge in [0.2, 0.25) is 5.91 Å². The number of ether oxygens (including phenoxy) is 1. The van der Waals surface area contributed by atoms with Gasteiger partial charge in [-0.05, 0) is 30.5 Å². The predicted molar refractivity (Wildman–Crippen MR) is 93.9 cm³/mol. The van der Waals surface area contributed by atoms with Gasteiger partial charge in [-0.25, -0.2) is 4.39 Å². The third-order valence-electron chi connectivity index (χ3n) is 4.76. The van der Waals surface area contributed by atoms with E-state index in [4.69, 9.17) is 4.74 Å². The summed E-state index contributed by atoms with van der Waals surface area (Å²) in [5, 5.41) is 2.82. The number of carbonyl (C=O) groups is 1. The van der Waals surface area contributed by atoms with Crippen molar-refractivity contribution in [2.24, 2.45) is 5.92 Å². The Morgan fingerprint density at radius 3 is 2.54 bits per heavy atom. The molecule has 0 bridgehead atoms. The molecule has 0 aliphatic carbocycles. The Morgan fingerprint density at radius 1 is 1.15 bits per heavy atom. The standard InChI is InChI=1S/C17H24FN3O4S/c18-16-5-3-14(4-6-16)12-19-17(22)15-2-1-7-21(13-15)26(23,24)20-8-10-25-11-9-20/h3-6,15H,1-2,7-13H2,(H,19,22). The van der Waals surface area contributed by atoms with Gasteiger partial charge in [-0.3, -0.25) is 4.79 Å². The average molecular weight is 385 g/mol. The fourth-order valence-corrected chi connectivity index (χ4v) is 4.91. The Morgan fingerprint density at radius 2 is 1.85 bits per heavy atom. The number of benzene rings is 1. The van der Waals surface area contributed by atoms with Crippen LogP contribution in [0.25, 0.3) is 0 Å². The van der Waals surface area contributed by atoms with E-state index in [1.807, 2.05) is 0 Å². The zero-order chi connectivity index (χ0) is 18.6. The number of piperidine rings is 1. The molecular weight excluding hydrogens is 361 g/mol. The number of amides is 1. The van der Waals surface area contributed by atoms with Crippen LogP contribution in [-0.2, 0) is 26.3 Å². The van der Waals surface area contributed by atoms with Crippen molar-refractivity contribution in [3.05, 3.63) is 35.6 Å². The zero-order valence-electron chi connectivity index (χ0n) is 14.6. The van der Waals surface area contributed by atoms with Gasteiger partial charge in [0.1, 0.15) is 5.82 Å². The lowest BCUT2D eigenvalue weighted by molar-refractivity contribution is -0.126. The van der Waals surface area contributed by atoms with Crippen molar-refractivity contribution in [3.63, 3.8) is 0 Å². The second kappa shape index (κ2) is 8.43. The fourth-order valence-electron chi connectivity index (χ4n) is 3.24. The maximum absolute atomic E-state index is 12.9. The molecule has 2 aliphatic heterocycles. The van der Waals surface area contributed by atoms with Crippen LogP contribution >= 0.6 is 0 Å². The molecule has 0 radical (unpaired) electrons. The molecule has 1 aromatic rings. The summed E-state index contributed by atoms with van der Waals surface area (Å²) in [4.78, 5) is 12.4. The minimum absolute atomic E-state index is 0.170. The van der Waals surface area contributed by atoms with Crippen LogP contribution in [0, 0.1) is 11.7 Å². The van der Waals surface area contributed by atoms with E-state index in [1.165, 1.54) is 20.7 Å². The first kappa shape index (κ1) is 19.2. The molecule has 1 aromatic carbocycles. The topological polar surface area (TPSA) is 79.0 Å². The van der Waals surface area contributed by atoms with Gasteiger partial charge in [-0.15, -0.1) is 0 Å². The lowest BCUT2D eigenvalue weighted by Crippen LogP contribution is -2.52. The molecule has 2 fully saturated rings. The molecule has 1 unspecified atom stereocenters. The molecule has 144 valence electrons. The van der Waals surface area contributed by atoms with Crippen LogP contribution in [0.15, 0.2) is 24.3 Å². The van der Waals surface area contributed by atoms with Crippen LogP contribution in [0.3, 0.4) is 0 Å². The lowest BCUT2D eigenvalue weighted by Gasteiger charge is -2.36. The Kier molecular flexibility index (Phi) is 6.23. The largest absolute Gasteiger partial charge is 0.379 e. The number of hydrogen-bond donors (Lipinski definition) is 1.